The molecule has 0 atom stereocenters. The van der Waals surface area contributed by atoms with E-state index in [1.54, 1.807) is 12.1 Å². The van der Waals surface area contributed by atoms with Crippen LogP contribution in [0.15, 0.2) is 24.3 Å². The molecule has 0 unspecified atom stereocenters. The average molecular weight is 300 g/mol. The Labute approximate surface area is 123 Å². The molecular weight excluding hydrogens is 282 g/mol. The van der Waals surface area contributed by atoms with Gasteiger partial charge in [0.1, 0.15) is 0 Å². The van der Waals surface area contributed by atoms with Gasteiger partial charge in [-0.05, 0) is 18.9 Å². The number of non-ortho nitro benzene ring substituents is 1. The molecule has 20 heavy (non-hydrogen) atoms. The van der Waals surface area contributed by atoms with Crippen LogP contribution in [-0.2, 0) is 4.79 Å². The van der Waals surface area contributed by atoms with E-state index in [1.807, 2.05) is 0 Å². The van der Waals surface area contributed by atoms with E-state index in [-0.39, 0.29) is 24.0 Å². The summed E-state index contributed by atoms with van der Waals surface area (Å²) in [7, 11) is 0. The van der Waals surface area contributed by atoms with Crippen LogP contribution in [0.1, 0.15) is 25.7 Å². The van der Waals surface area contributed by atoms with E-state index in [0.717, 1.165) is 25.7 Å². The summed E-state index contributed by atoms with van der Waals surface area (Å²) in [6, 6.07) is 5.95. The number of hydrogen-bond donors (Lipinski definition) is 2. The molecule has 1 aliphatic rings. The molecule has 0 aromatic heterocycles. The van der Waals surface area contributed by atoms with Crippen LogP contribution in [0.5, 0.6) is 0 Å². The molecule has 1 saturated carbocycles. The first-order chi connectivity index (χ1) is 9.07. The topological polar surface area (TPSA) is 98.3 Å². The van der Waals surface area contributed by atoms with Crippen LogP contribution in [-0.4, -0.2) is 17.4 Å². The molecule has 0 spiro atoms. The van der Waals surface area contributed by atoms with Crippen molar-refractivity contribution >= 4 is 29.7 Å². The zero-order valence-electron chi connectivity index (χ0n) is 11.0. The normalized spacial score (nSPS) is 16.2. The van der Waals surface area contributed by atoms with E-state index in [2.05, 4.69) is 5.32 Å². The maximum Gasteiger partial charge on any atom is 0.271 e. The molecule has 110 valence electrons. The fraction of sp³-hybridized carbons (Fsp3) is 0.462. The van der Waals surface area contributed by atoms with Crippen molar-refractivity contribution in [3.8, 4) is 0 Å². The number of benzene rings is 1. The third-order valence-corrected chi connectivity index (χ3v) is 3.75. The van der Waals surface area contributed by atoms with Crippen molar-refractivity contribution in [3.63, 3.8) is 0 Å². The molecule has 3 N–H and O–H groups in total. The lowest BCUT2D eigenvalue weighted by molar-refractivity contribution is -0.384. The number of nitro groups is 1. The maximum absolute atomic E-state index is 12.3. The number of nitrogens with one attached hydrogen (secondary N) is 1. The fourth-order valence-corrected chi connectivity index (χ4v) is 2.54. The Kier molecular flexibility index (Phi) is 5.47. The van der Waals surface area contributed by atoms with Crippen LogP contribution in [0, 0.1) is 15.5 Å². The van der Waals surface area contributed by atoms with E-state index in [4.69, 9.17) is 5.73 Å². The molecule has 1 aromatic carbocycles. The average Bonchev–Trinajstić information content (AvgIpc) is 2.89. The van der Waals surface area contributed by atoms with Gasteiger partial charge in [-0.1, -0.05) is 18.9 Å². The lowest BCUT2D eigenvalue weighted by Crippen LogP contribution is -2.40. The summed E-state index contributed by atoms with van der Waals surface area (Å²) < 4.78 is 0. The Morgan fingerprint density at radius 2 is 2.05 bits per heavy atom. The van der Waals surface area contributed by atoms with Crippen molar-refractivity contribution < 1.29 is 9.72 Å². The van der Waals surface area contributed by atoms with Crippen LogP contribution < -0.4 is 11.1 Å². The molecule has 2 rings (SSSR count). The smallest absolute Gasteiger partial charge is 0.271 e. The number of rotatable bonds is 4. The van der Waals surface area contributed by atoms with Crippen LogP contribution in [0.4, 0.5) is 11.4 Å². The highest BCUT2D eigenvalue weighted by atomic mass is 35.5. The second kappa shape index (κ2) is 6.67. The molecule has 1 aliphatic carbocycles. The number of nitrogens with zero attached hydrogens (tertiary/aromatic N) is 1. The van der Waals surface area contributed by atoms with Gasteiger partial charge in [-0.25, -0.2) is 0 Å². The Morgan fingerprint density at radius 1 is 1.40 bits per heavy atom. The highest BCUT2D eigenvalue weighted by Gasteiger charge is 2.39. The van der Waals surface area contributed by atoms with Gasteiger partial charge in [0.05, 0.1) is 10.3 Å². The molecular formula is C13H18ClN3O3. The Bertz CT molecular complexity index is 501. The summed E-state index contributed by atoms with van der Waals surface area (Å²) in [6.45, 7) is 0.313. The second-order valence-electron chi connectivity index (χ2n) is 4.95. The van der Waals surface area contributed by atoms with Gasteiger partial charge in [0.15, 0.2) is 0 Å². The number of halogens is 1. The Balaban J connectivity index is 0.00000200. The SMILES string of the molecule is Cl.NCC1(C(=O)Nc2cccc([N+](=O)[O-])c2)CCCC1. The molecule has 0 heterocycles. The number of hydrogen-bond acceptors (Lipinski definition) is 4. The first-order valence-corrected chi connectivity index (χ1v) is 6.33. The summed E-state index contributed by atoms with van der Waals surface area (Å²) >= 11 is 0. The van der Waals surface area contributed by atoms with Crippen LogP contribution >= 0.6 is 12.4 Å². The number of carbonyl (C=O) groups is 1. The van der Waals surface area contributed by atoms with Crippen molar-refractivity contribution in [1.29, 1.82) is 0 Å². The van der Waals surface area contributed by atoms with Gasteiger partial charge in [0.2, 0.25) is 5.91 Å². The van der Waals surface area contributed by atoms with Crippen molar-refractivity contribution in [1.82, 2.24) is 0 Å². The predicted molar refractivity (Wildman–Crippen MR) is 78.9 cm³/mol. The number of nitrogens with two attached hydrogens (primary N) is 1. The number of amides is 1. The minimum absolute atomic E-state index is 0. The van der Waals surface area contributed by atoms with E-state index >= 15 is 0 Å². The van der Waals surface area contributed by atoms with E-state index in [9.17, 15) is 14.9 Å². The van der Waals surface area contributed by atoms with Crippen molar-refractivity contribution in [2.24, 2.45) is 11.1 Å². The zero-order chi connectivity index (χ0) is 13.9. The van der Waals surface area contributed by atoms with E-state index in [0.29, 0.717) is 12.2 Å². The fourth-order valence-electron chi connectivity index (χ4n) is 2.54. The zero-order valence-corrected chi connectivity index (χ0v) is 11.8. The van der Waals surface area contributed by atoms with Gasteiger partial charge >= 0.3 is 0 Å². The van der Waals surface area contributed by atoms with Gasteiger partial charge in [-0.2, -0.15) is 0 Å². The third kappa shape index (κ3) is 3.26. The van der Waals surface area contributed by atoms with Crippen molar-refractivity contribution in [2.75, 3.05) is 11.9 Å². The predicted octanol–water partition coefficient (Wildman–Crippen LogP) is 2.47. The summed E-state index contributed by atoms with van der Waals surface area (Å²) in [5.41, 5.74) is 5.63. The number of nitro benzene ring substituents is 1. The van der Waals surface area contributed by atoms with Gasteiger partial charge < -0.3 is 11.1 Å². The largest absolute Gasteiger partial charge is 0.329 e. The monoisotopic (exact) mass is 299 g/mol. The standard InChI is InChI=1S/C13H17N3O3.ClH/c14-9-13(6-1-2-7-13)12(17)15-10-4-3-5-11(8-10)16(18)19;/h3-5,8H,1-2,6-7,9,14H2,(H,15,17);1H. The quantitative estimate of drug-likeness (QED) is 0.659. The lowest BCUT2D eigenvalue weighted by atomic mass is 9.85. The minimum Gasteiger partial charge on any atom is -0.329 e. The maximum atomic E-state index is 12.3. The Morgan fingerprint density at radius 3 is 2.60 bits per heavy atom. The Hall–Kier alpha value is -1.66. The summed E-state index contributed by atoms with van der Waals surface area (Å²) in [4.78, 5) is 22.5. The summed E-state index contributed by atoms with van der Waals surface area (Å²) in [5.74, 6) is -0.131. The second-order valence-corrected chi connectivity index (χ2v) is 4.95. The third-order valence-electron chi connectivity index (χ3n) is 3.75. The summed E-state index contributed by atoms with van der Waals surface area (Å²) in [6.07, 6.45) is 3.56. The molecule has 0 saturated heterocycles. The van der Waals surface area contributed by atoms with Crippen LogP contribution in [0.2, 0.25) is 0 Å². The molecule has 1 aromatic rings. The number of carbonyl (C=O) groups excluding carboxylic acids is 1. The van der Waals surface area contributed by atoms with Gasteiger partial charge in [0.25, 0.3) is 5.69 Å². The van der Waals surface area contributed by atoms with Crippen LogP contribution in [0.25, 0.3) is 0 Å². The highest BCUT2D eigenvalue weighted by molar-refractivity contribution is 5.96. The molecule has 6 nitrogen and oxygen atoms in total. The van der Waals surface area contributed by atoms with Crippen molar-refractivity contribution in [3.05, 3.63) is 34.4 Å². The molecule has 0 aliphatic heterocycles. The molecule has 1 fully saturated rings. The van der Waals surface area contributed by atoms with Gasteiger partial charge in [-0.3, -0.25) is 14.9 Å². The first kappa shape index (κ1) is 16.4. The highest BCUT2D eigenvalue weighted by Crippen LogP contribution is 2.38. The molecule has 1 amide bonds. The number of anilines is 1. The van der Waals surface area contributed by atoms with Gasteiger partial charge in [0, 0.05) is 24.4 Å². The molecule has 0 radical (unpaired) electrons. The minimum atomic E-state index is -0.509. The molecule has 7 heteroatoms. The lowest BCUT2D eigenvalue weighted by Gasteiger charge is -2.25. The van der Waals surface area contributed by atoms with E-state index < -0.39 is 10.3 Å². The van der Waals surface area contributed by atoms with E-state index in [1.165, 1.54) is 12.1 Å². The van der Waals surface area contributed by atoms with Crippen LogP contribution in [0.3, 0.4) is 0 Å². The molecule has 0 bridgehead atoms. The van der Waals surface area contributed by atoms with Gasteiger partial charge in [-0.15, -0.1) is 12.4 Å². The summed E-state index contributed by atoms with van der Waals surface area (Å²) in [5, 5.41) is 13.4. The first-order valence-electron chi connectivity index (χ1n) is 6.33. The van der Waals surface area contributed by atoms with Crippen molar-refractivity contribution in [2.45, 2.75) is 25.7 Å².